The molecule has 0 atom stereocenters. The minimum Gasteiger partial charge on any atom is -0.478 e. The minimum absolute atomic E-state index is 0.229. The van der Waals surface area contributed by atoms with Crippen molar-refractivity contribution in [2.45, 2.75) is 6.42 Å². The normalized spacial score (nSPS) is 11.1. The molecule has 0 unspecified atom stereocenters. The molecule has 0 saturated heterocycles. The number of fused-ring (bicyclic) bond motifs is 1. The zero-order chi connectivity index (χ0) is 19.8. The lowest BCUT2D eigenvalue weighted by molar-refractivity contribution is 0.0697. The fraction of sp³-hybridized carbons (Fsp3) is 0.0455. The molecule has 1 N–H and O–H groups in total. The van der Waals surface area contributed by atoms with Crippen LogP contribution in [-0.4, -0.2) is 11.1 Å². The average molecular weight is 431 g/mol. The third-order valence-electron chi connectivity index (χ3n) is 4.40. The van der Waals surface area contributed by atoms with Gasteiger partial charge in [-0.15, -0.1) is 11.3 Å². The van der Waals surface area contributed by atoms with Crippen molar-refractivity contribution in [2.75, 3.05) is 0 Å². The van der Waals surface area contributed by atoms with Crippen LogP contribution in [0.4, 0.5) is 4.39 Å². The van der Waals surface area contributed by atoms with Crippen molar-refractivity contribution in [3.63, 3.8) is 0 Å². The Morgan fingerprint density at radius 3 is 2.61 bits per heavy atom. The first-order chi connectivity index (χ1) is 13.4. The topological polar surface area (TPSA) is 37.3 Å². The van der Waals surface area contributed by atoms with Gasteiger partial charge in [0.15, 0.2) is 0 Å². The van der Waals surface area contributed by atoms with Crippen molar-refractivity contribution in [3.05, 3.63) is 92.5 Å². The van der Waals surface area contributed by atoms with Gasteiger partial charge in [0, 0.05) is 31.4 Å². The van der Waals surface area contributed by atoms with Crippen LogP contribution in [0.15, 0.2) is 60.7 Å². The number of hydrogen-bond acceptors (Lipinski definition) is 2. The van der Waals surface area contributed by atoms with E-state index in [1.54, 1.807) is 35.6 Å². The largest absolute Gasteiger partial charge is 0.478 e. The third kappa shape index (κ3) is 3.76. The molecule has 6 heteroatoms. The summed E-state index contributed by atoms with van der Waals surface area (Å²) in [6, 6.07) is 17.0. The van der Waals surface area contributed by atoms with Gasteiger partial charge in [0.2, 0.25) is 0 Å². The second-order valence-electron chi connectivity index (χ2n) is 6.39. The second kappa shape index (κ2) is 7.55. The summed E-state index contributed by atoms with van der Waals surface area (Å²) in [5.74, 6) is -1.34. The third-order valence-corrected chi connectivity index (χ3v) is 6.12. The van der Waals surface area contributed by atoms with Crippen LogP contribution in [0.1, 0.15) is 20.8 Å². The van der Waals surface area contributed by atoms with Crippen LogP contribution in [0.3, 0.4) is 0 Å². The Hall–Kier alpha value is -2.40. The zero-order valence-electron chi connectivity index (χ0n) is 14.4. The number of carbonyl (C=O) groups is 1. The van der Waals surface area contributed by atoms with E-state index in [1.807, 2.05) is 24.3 Å². The molecule has 0 spiro atoms. The summed E-state index contributed by atoms with van der Waals surface area (Å²) >= 11 is 13.9. The molecule has 3 aromatic carbocycles. The highest BCUT2D eigenvalue weighted by molar-refractivity contribution is 7.19. The van der Waals surface area contributed by atoms with Crippen molar-refractivity contribution in [2.24, 2.45) is 0 Å². The van der Waals surface area contributed by atoms with Crippen LogP contribution in [-0.2, 0) is 6.42 Å². The number of rotatable bonds is 4. The maximum atomic E-state index is 13.6. The summed E-state index contributed by atoms with van der Waals surface area (Å²) in [4.78, 5) is 12.3. The maximum absolute atomic E-state index is 13.6. The van der Waals surface area contributed by atoms with Crippen LogP contribution in [0.5, 0.6) is 0 Å². The van der Waals surface area contributed by atoms with Crippen LogP contribution < -0.4 is 0 Å². The molecule has 2 nitrogen and oxygen atoms in total. The molecule has 0 saturated carbocycles. The van der Waals surface area contributed by atoms with E-state index in [4.69, 9.17) is 23.2 Å². The number of halogens is 3. The molecule has 4 rings (SSSR count). The standard InChI is InChI=1S/C22H13Cl2FO2S/c23-15-6-12(7-16(25)10-15)8-17-11-19-20(24)5-4-18(21(19)28-17)13-2-1-3-14(9-13)22(26)27/h1-7,9-11H,8H2,(H,26,27). The van der Waals surface area contributed by atoms with Gasteiger partial charge in [0.1, 0.15) is 5.82 Å². The van der Waals surface area contributed by atoms with Gasteiger partial charge in [0.05, 0.1) is 5.56 Å². The fourth-order valence-electron chi connectivity index (χ4n) is 3.19. The van der Waals surface area contributed by atoms with E-state index in [0.29, 0.717) is 16.5 Å². The van der Waals surface area contributed by atoms with Crippen LogP contribution in [0, 0.1) is 5.82 Å². The predicted octanol–water partition coefficient (Wildman–Crippen LogP) is 7.30. The van der Waals surface area contributed by atoms with Crippen molar-refractivity contribution in [1.82, 2.24) is 0 Å². The molecule has 0 radical (unpaired) electrons. The Kier molecular flexibility index (Phi) is 5.11. The van der Waals surface area contributed by atoms with Crippen LogP contribution in [0.25, 0.3) is 21.2 Å². The number of aromatic carboxylic acids is 1. The molecule has 0 fully saturated rings. The minimum atomic E-state index is -0.970. The first-order valence-corrected chi connectivity index (χ1v) is 9.97. The molecule has 28 heavy (non-hydrogen) atoms. The van der Waals surface area contributed by atoms with E-state index in [9.17, 15) is 14.3 Å². The Morgan fingerprint density at radius 2 is 1.86 bits per heavy atom. The van der Waals surface area contributed by atoms with Gasteiger partial charge in [0.25, 0.3) is 0 Å². The fourth-order valence-corrected chi connectivity index (χ4v) is 4.95. The molecule has 140 valence electrons. The molecule has 1 heterocycles. The molecule has 0 bridgehead atoms. The lowest BCUT2D eigenvalue weighted by Crippen LogP contribution is -1.95. The molecule has 1 aromatic heterocycles. The molecular weight excluding hydrogens is 418 g/mol. The highest BCUT2D eigenvalue weighted by atomic mass is 35.5. The molecule has 0 aliphatic heterocycles. The summed E-state index contributed by atoms with van der Waals surface area (Å²) < 4.78 is 14.6. The second-order valence-corrected chi connectivity index (χ2v) is 8.37. The van der Waals surface area contributed by atoms with Gasteiger partial charge in [-0.2, -0.15) is 0 Å². The summed E-state index contributed by atoms with van der Waals surface area (Å²) in [5.41, 5.74) is 2.73. The van der Waals surface area contributed by atoms with E-state index in [-0.39, 0.29) is 11.4 Å². The van der Waals surface area contributed by atoms with Crippen molar-refractivity contribution in [1.29, 1.82) is 0 Å². The SMILES string of the molecule is O=C(O)c1cccc(-c2ccc(Cl)c3cc(Cc4cc(F)cc(Cl)c4)sc23)c1. The highest BCUT2D eigenvalue weighted by Gasteiger charge is 2.13. The number of carboxylic acid groups (broad SMARTS) is 1. The van der Waals surface area contributed by atoms with Gasteiger partial charge >= 0.3 is 5.97 Å². The van der Waals surface area contributed by atoms with Gasteiger partial charge in [-0.05, 0) is 59.2 Å². The van der Waals surface area contributed by atoms with E-state index in [2.05, 4.69) is 0 Å². The van der Waals surface area contributed by atoms with Crippen molar-refractivity contribution >= 4 is 50.6 Å². The van der Waals surface area contributed by atoms with Crippen molar-refractivity contribution < 1.29 is 14.3 Å². The molecule has 0 aliphatic rings. The zero-order valence-corrected chi connectivity index (χ0v) is 16.7. The van der Waals surface area contributed by atoms with Gasteiger partial charge in [-0.3, -0.25) is 0 Å². The van der Waals surface area contributed by atoms with E-state index in [1.165, 1.54) is 12.1 Å². The summed E-state index contributed by atoms with van der Waals surface area (Å²) in [6.45, 7) is 0. The van der Waals surface area contributed by atoms with Crippen molar-refractivity contribution in [3.8, 4) is 11.1 Å². The van der Waals surface area contributed by atoms with Gasteiger partial charge in [-0.25, -0.2) is 9.18 Å². The number of thiophene rings is 1. The Balaban J connectivity index is 1.81. The lowest BCUT2D eigenvalue weighted by atomic mass is 10.0. The Morgan fingerprint density at radius 1 is 1.04 bits per heavy atom. The van der Waals surface area contributed by atoms with E-state index in [0.717, 1.165) is 31.7 Å². The average Bonchev–Trinajstić information content (AvgIpc) is 3.05. The number of carboxylic acids is 1. The first kappa shape index (κ1) is 18.9. The summed E-state index contributed by atoms with van der Waals surface area (Å²) in [7, 11) is 0. The van der Waals surface area contributed by atoms with E-state index >= 15 is 0 Å². The number of hydrogen-bond donors (Lipinski definition) is 1. The maximum Gasteiger partial charge on any atom is 0.335 e. The van der Waals surface area contributed by atoms with Gasteiger partial charge < -0.3 is 5.11 Å². The molecule has 0 amide bonds. The predicted molar refractivity (Wildman–Crippen MR) is 113 cm³/mol. The quantitative estimate of drug-likeness (QED) is 0.368. The van der Waals surface area contributed by atoms with E-state index < -0.39 is 5.97 Å². The monoisotopic (exact) mass is 430 g/mol. The highest BCUT2D eigenvalue weighted by Crippen LogP contribution is 2.39. The summed E-state index contributed by atoms with van der Waals surface area (Å²) in [6.07, 6.45) is 0.530. The Labute approximate surface area is 174 Å². The molecule has 0 aliphatic carbocycles. The number of benzene rings is 3. The molecular formula is C22H13Cl2FO2S. The molecule has 4 aromatic rings. The Bertz CT molecular complexity index is 1200. The van der Waals surface area contributed by atoms with Crippen LogP contribution in [0.2, 0.25) is 10.0 Å². The van der Waals surface area contributed by atoms with Gasteiger partial charge in [-0.1, -0.05) is 41.4 Å². The smallest absolute Gasteiger partial charge is 0.335 e. The summed E-state index contributed by atoms with van der Waals surface area (Å²) in [5, 5.41) is 11.1. The van der Waals surface area contributed by atoms with Crippen LogP contribution >= 0.6 is 34.5 Å². The lowest BCUT2D eigenvalue weighted by Gasteiger charge is -2.06. The first-order valence-electron chi connectivity index (χ1n) is 8.40.